The van der Waals surface area contributed by atoms with E-state index in [0.717, 1.165) is 22.4 Å². The molecule has 0 amide bonds. The Morgan fingerprint density at radius 1 is 1.13 bits per heavy atom. The van der Waals surface area contributed by atoms with Crippen LogP contribution in [0.4, 0.5) is 0 Å². The van der Waals surface area contributed by atoms with Crippen molar-refractivity contribution in [2.75, 3.05) is 6.61 Å². The SMILES string of the molecule is CCOc1cc(=O)n(C)cc1-c1cnn(C)c1-c1ccccc1. The molecule has 0 unspecified atom stereocenters. The number of nitrogens with zero attached hydrogens (tertiary/aromatic N) is 3. The van der Waals surface area contributed by atoms with Crippen molar-refractivity contribution in [3.05, 3.63) is 59.1 Å². The molecule has 0 atom stereocenters. The van der Waals surface area contributed by atoms with E-state index in [9.17, 15) is 4.79 Å². The molecule has 0 fully saturated rings. The number of hydrogen-bond acceptors (Lipinski definition) is 3. The van der Waals surface area contributed by atoms with Gasteiger partial charge in [0.2, 0.25) is 0 Å². The van der Waals surface area contributed by atoms with Gasteiger partial charge in [-0.1, -0.05) is 30.3 Å². The highest BCUT2D eigenvalue weighted by atomic mass is 16.5. The Bertz CT molecular complexity index is 879. The van der Waals surface area contributed by atoms with Gasteiger partial charge in [-0.2, -0.15) is 5.10 Å². The Morgan fingerprint density at radius 3 is 2.57 bits per heavy atom. The van der Waals surface area contributed by atoms with Crippen molar-refractivity contribution < 1.29 is 4.74 Å². The normalized spacial score (nSPS) is 10.7. The van der Waals surface area contributed by atoms with Gasteiger partial charge in [-0.3, -0.25) is 9.48 Å². The van der Waals surface area contributed by atoms with E-state index in [0.29, 0.717) is 12.4 Å². The lowest BCUT2D eigenvalue weighted by Gasteiger charge is -2.13. The molecule has 5 heteroatoms. The van der Waals surface area contributed by atoms with Gasteiger partial charge in [0.15, 0.2) is 0 Å². The van der Waals surface area contributed by atoms with Crippen molar-refractivity contribution in [2.24, 2.45) is 14.1 Å². The van der Waals surface area contributed by atoms with Crippen LogP contribution in [0.3, 0.4) is 0 Å². The molecule has 0 saturated carbocycles. The van der Waals surface area contributed by atoms with Crippen LogP contribution in [0.15, 0.2) is 53.6 Å². The number of pyridine rings is 1. The summed E-state index contributed by atoms with van der Waals surface area (Å²) in [4.78, 5) is 11.9. The molecule has 0 aliphatic rings. The molecule has 0 radical (unpaired) electrons. The second-order valence-corrected chi connectivity index (χ2v) is 5.33. The lowest BCUT2D eigenvalue weighted by atomic mass is 10.0. The zero-order chi connectivity index (χ0) is 16.4. The average Bonchev–Trinajstić information content (AvgIpc) is 2.93. The highest BCUT2D eigenvalue weighted by Gasteiger charge is 2.17. The Kier molecular flexibility index (Phi) is 4.02. The van der Waals surface area contributed by atoms with Crippen LogP contribution >= 0.6 is 0 Å². The van der Waals surface area contributed by atoms with Crippen LogP contribution in [0.2, 0.25) is 0 Å². The van der Waals surface area contributed by atoms with Crippen LogP contribution in [0, 0.1) is 0 Å². The van der Waals surface area contributed by atoms with Gasteiger partial charge in [-0.05, 0) is 6.92 Å². The third-order valence-electron chi connectivity index (χ3n) is 3.77. The first-order valence-electron chi connectivity index (χ1n) is 7.53. The quantitative estimate of drug-likeness (QED) is 0.744. The molecule has 0 aliphatic carbocycles. The number of aryl methyl sites for hydroxylation is 2. The first-order chi connectivity index (χ1) is 11.1. The Morgan fingerprint density at radius 2 is 1.87 bits per heavy atom. The third-order valence-corrected chi connectivity index (χ3v) is 3.77. The molecule has 2 heterocycles. The maximum Gasteiger partial charge on any atom is 0.254 e. The molecule has 2 aromatic heterocycles. The van der Waals surface area contributed by atoms with Gasteiger partial charge < -0.3 is 9.30 Å². The maximum absolute atomic E-state index is 11.9. The first-order valence-corrected chi connectivity index (χ1v) is 7.53. The maximum atomic E-state index is 11.9. The van der Waals surface area contributed by atoms with Gasteiger partial charge in [0.05, 0.1) is 18.5 Å². The molecule has 23 heavy (non-hydrogen) atoms. The van der Waals surface area contributed by atoms with Gasteiger partial charge in [0, 0.05) is 43.0 Å². The van der Waals surface area contributed by atoms with Crippen LogP contribution in [0.1, 0.15) is 6.92 Å². The summed E-state index contributed by atoms with van der Waals surface area (Å²) >= 11 is 0. The summed E-state index contributed by atoms with van der Waals surface area (Å²) in [6, 6.07) is 11.6. The first kappa shape index (κ1) is 15.1. The molecular weight excluding hydrogens is 290 g/mol. The number of benzene rings is 1. The van der Waals surface area contributed by atoms with Crippen LogP contribution in [-0.4, -0.2) is 21.0 Å². The number of rotatable bonds is 4. The minimum absolute atomic E-state index is 0.0950. The zero-order valence-corrected chi connectivity index (χ0v) is 13.5. The minimum Gasteiger partial charge on any atom is -0.493 e. The van der Waals surface area contributed by atoms with E-state index in [4.69, 9.17) is 4.74 Å². The fraction of sp³-hybridized carbons (Fsp3) is 0.222. The molecule has 0 spiro atoms. The Hall–Kier alpha value is -2.82. The zero-order valence-electron chi connectivity index (χ0n) is 13.5. The van der Waals surface area contributed by atoms with Gasteiger partial charge in [0.25, 0.3) is 5.56 Å². The molecular formula is C18H19N3O2. The van der Waals surface area contributed by atoms with E-state index in [1.807, 2.05) is 55.2 Å². The summed E-state index contributed by atoms with van der Waals surface area (Å²) in [5, 5.41) is 4.40. The molecule has 3 rings (SSSR count). The lowest BCUT2D eigenvalue weighted by molar-refractivity contribution is 0.340. The fourth-order valence-corrected chi connectivity index (χ4v) is 2.66. The number of ether oxygens (including phenoxy) is 1. The molecule has 1 aromatic carbocycles. The van der Waals surface area contributed by atoms with Crippen molar-refractivity contribution in [3.63, 3.8) is 0 Å². The van der Waals surface area contributed by atoms with Crippen molar-refractivity contribution in [1.29, 1.82) is 0 Å². The largest absolute Gasteiger partial charge is 0.493 e. The van der Waals surface area contributed by atoms with Crippen molar-refractivity contribution in [2.45, 2.75) is 6.92 Å². The molecule has 0 N–H and O–H groups in total. The van der Waals surface area contributed by atoms with Crippen molar-refractivity contribution in [3.8, 4) is 28.1 Å². The lowest BCUT2D eigenvalue weighted by Crippen LogP contribution is -2.16. The van der Waals surface area contributed by atoms with Gasteiger partial charge >= 0.3 is 0 Å². The van der Waals surface area contributed by atoms with Crippen molar-refractivity contribution >= 4 is 0 Å². The minimum atomic E-state index is -0.0950. The fourth-order valence-electron chi connectivity index (χ4n) is 2.66. The van der Waals surface area contributed by atoms with E-state index in [1.54, 1.807) is 17.8 Å². The van der Waals surface area contributed by atoms with E-state index in [2.05, 4.69) is 5.10 Å². The average molecular weight is 309 g/mol. The van der Waals surface area contributed by atoms with E-state index in [-0.39, 0.29) is 5.56 Å². The highest BCUT2D eigenvalue weighted by Crippen LogP contribution is 2.36. The Labute approximate surface area is 134 Å². The predicted molar refractivity (Wildman–Crippen MR) is 90.5 cm³/mol. The predicted octanol–water partition coefficient (Wildman–Crippen LogP) is 2.85. The molecule has 0 aliphatic heterocycles. The van der Waals surface area contributed by atoms with Gasteiger partial charge in [-0.25, -0.2) is 0 Å². The third kappa shape index (κ3) is 2.77. The Balaban J connectivity index is 2.25. The van der Waals surface area contributed by atoms with E-state index < -0.39 is 0 Å². The second kappa shape index (κ2) is 6.12. The summed E-state index contributed by atoms with van der Waals surface area (Å²) in [7, 11) is 3.65. The smallest absolute Gasteiger partial charge is 0.254 e. The molecule has 5 nitrogen and oxygen atoms in total. The van der Waals surface area contributed by atoms with Gasteiger partial charge in [0.1, 0.15) is 5.75 Å². The highest BCUT2D eigenvalue weighted by molar-refractivity contribution is 5.83. The second-order valence-electron chi connectivity index (χ2n) is 5.33. The van der Waals surface area contributed by atoms with Crippen LogP contribution in [0.5, 0.6) is 5.75 Å². The molecule has 0 bridgehead atoms. The summed E-state index contributed by atoms with van der Waals surface area (Å²) in [6.45, 7) is 2.41. The monoisotopic (exact) mass is 309 g/mol. The molecule has 3 aromatic rings. The molecule has 0 saturated heterocycles. The van der Waals surface area contributed by atoms with E-state index >= 15 is 0 Å². The number of aromatic nitrogens is 3. The topological polar surface area (TPSA) is 49.1 Å². The van der Waals surface area contributed by atoms with Crippen LogP contribution < -0.4 is 10.3 Å². The molecule has 118 valence electrons. The summed E-state index contributed by atoms with van der Waals surface area (Å²) < 4.78 is 9.07. The van der Waals surface area contributed by atoms with Gasteiger partial charge in [-0.15, -0.1) is 0 Å². The van der Waals surface area contributed by atoms with Crippen molar-refractivity contribution in [1.82, 2.24) is 14.3 Å². The van der Waals surface area contributed by atoms with Crippen LogP contribution in [-0.2, 0) is 14.1 Å². The standard InChI is InChI=1S/C18H19N3O2/c1-4-23-16-10-17(22)20(2)12-15(16)14-11-19-21(3)18(14)13-8-6-5-7-9-13/h5-12H,4H2,1-3H3. The summed E-state index contributed by atoms with van der Waals surface area (Å²) in [5.74, 6) is 0.584. The number of hydrogen-bond donors (Lipinski definition) is 0. The van der Waals surface area contributed by atoms with E-state index in [1.165, 1.54) is 6.07 Å². The summed E-state index contributed by atoms with van der Waals surface area (Å²) in [6.07, 6.45) is 3.61. The van der Waals surface area contributed by atoms with Crippen LogP contribution in [0.25, 0.3) is 22.4 Å². The summed E-state index contributed by atoms with van der Waals surface area (Å²) in [5.41, 5.74) is 3.77.